The van der Waals surface area contributed by atoms with E-state index in [1.165, 1.54) is 42.0 Å². The molecular weight excluding hydrogens is 750 g/mol. The Morgan fingerprint density at radius 1 is 0.904 bits per heavy atom. The van der Waals surface area contributed by atoms with E-state index in [2.05, 4.69) is 16.3 Å². The summed E-state index contributed by atoms with van der Waals surface area (Å²) in [6.45, 7) is 4.03. The van der Waals surface area contributed by atoms with Crippen molar-refractivity contribution in [3.63, 3.8) is 0 Å². The van der Waals surface area contributed by atoms with Crippen LogP contribution in [-0.2, 0) is 31.6 Å². The molecule has 1 atom stereocenters. The van der Waals surface area contributed by atoms with E-state index in [1.54, 1.807) is 35.6 Å². The maximum Gasteiger partial charge on any atom is 0.303 e. The van der Waals surface area contributed by atoms with E-state index in [0.717, 1.165) is 33.0 Å². The highest BCUT2D eigenvalue weighted by molar-refractivity contribution is 7.86. The highest BCUT2D eigenvalue weighted by Crippen LogP contribution is 2.47. The summed E-state index contributed by atoms with van der Waals surface area (Å²) in [5.41, 5.74) is 11.0. The number of aliphatic carboxylic acids is 1. The van der Waals surface area contributed by atoms with Gasteiger partial charge in [0.05, 0.1) is 21.5 Å². The molecule has 1 aliphatic carbocycles. The van der Waals surface area contributed by atoms with Crippen molar-refractivity contribution >= 4 is 54.9 Å². The van der Waals surface area contributed by atoms with Crippen molar-refractivity contribution < 1.29 is 35.8 Å². The van der Waals surface area contributed by atoms with Crippen LogP contribution in [0.1, 0.15) is 76.4 Å². The number of thiophene rings is 1. The lowest BCUT2D eigenvalue weighted by atomic mass is 10.0. The van der Waals surface area contributed by atoms with Crippen molar-refractivity contribution in [2.45, 2.75) is 67.8 Å². The predicted octanol–water partition coefficient (Wildman–Crippen LogP) is 6.56. The van der Waals surface area contributed by atoms with Gasteiger partial charge >= 0.3 is 5.97 Å². The van der Waals surface area contributed by atoms with E-state index in [1.807, 2.05) is 42.7 Å². The Morgan fingerprint density at radius 3 is 1.96 bits per heavy atom. The zero-order valence-corrected chi connectivity index (χ0v) is 31.3. The van der Waals surface area contributed by atoms with E-state index in [0.29, 0.717) is 35.6 Å². The van der Waals surface area contributed by atoms with Crippen LogP contribution in [-0.4, -0.2) is 57.5 Å². The van der Waals surface area contributed by atoms with Crippen LogP contribution >= 0.6 is 22.9 Å². The minimum atomic E-state index is -4.02. The molecule has 17 heteroatoms. The summed E-state index contributed by atoms with van der Waals surface area (Å²) < 4.78 is 61.1. The molecule has 0 amide bonds. The van der Waals surface area contributed by atoms with Crippen molar-refractivity contribution in [1.82, 2.24) is 14.8 Å². The summed E-state index contributed by atoms with van der Waals surface area (Å²) in [4.78, 5) is 17.0. The van der Waals surface area contributed by atoms with Crippen molar-refractivity contribution in [3.8, 4) is 5.00 Å². The zero-order valence-electron chi connectivity index (χ0n) is 28.0. The lowest BCUT2D eigenvalue weighted by Crippen LogP contribution is -2.18. The SMILES string of the molecule is Cc1ccc(S(=O)(=O)O)cc1.Cc1ccc(S(=O)(=O)O)cc1.N[C@H](CCC(=O)O)c1nnc2n1-c1sc(C3CC3)cc1C(c1ccccc1Cl)=NC2. The predicted molar refractivity (Wildman–Crippen MR) is 198 cm³/mol. The number of aromatic nitrogens is 3. The van der Waals surface area contributed by atoms with Crippen LogP contribution in [0.25, 0.3) is 5.00 Å². The molecule has 0 unspecified atom stereocenters. The molecule has 0 radical (unpaired) electrons. The van der Waals surface area contributed by atoms with Gasteiger partial charge in [0.15, 0.2) is 11.6 Å². The fourth-order valence-electron chi connectivity index (χ4n) is 5.15. The first-order valence-electron chi connectivity index (χ1n) is 16.0. The van der Waals surface area contributed by atoms with Gasteiger partial charge in [-0.05, 0) is 75.4 Å². The molecule has 2 aromatic heterocycles. The van der Waals surface area contributed by atoms with Gasteiger partial charge in [-0.25, -0.2) is 0 Å². The number of carboxylic acids is 1. The van der Waals surface area contributed by atoms with Crippen molar-refractivity contribution in [2.24, 2.45) is 10.7 Å². The highest BCUT2D eigenvalue weighted by atomic mass is 35.5. The summed E-state index contributed by atoms with van der Waals surface area (Å²) in [7, 11) is -8.04. The van der Waals surface area contributed by atoms with E-state index < -0.39 is 32.2 Å². The molecule has 3 aromatic carbocycles. The van der Waals surface area contributed by atoms with Crippen LogP contribution in [0.15, 0.2) is 93.6 Å². The minimum absolute atomic E-state index is 0.0185. The standard InChI is InChI=1S/C21H20ClN5O2S.2C7H8O3S/c22-14-4-2-1-3-12(14)19-13-9-16(11-5-6-11)30-21(13)27-17(10-24-19)25-26-20(27)15(23)7-8-18(28)29;2*1-6-2-4-7(5-3-6)11(8,9)10/h1-4,9,11,15H,5-8,10,23H2,(H,28,29);2*2-5H,1H3,(H,8,9,10)/t15-;;/m1../s1. The summed E-state index contributed by atoms with van der Waals surface area (Å²) in [5.74, 6) is 0.979. The maximum atomic E-state index is 11.0. The molecule has 5 N–H and O–H groups in total. The summed E-state index contributed by atoms with van der Waals surface area (Å²) in [5, 5.41) is 19.3. The van der Waals surface area contributed by atoms with E-state index >= 15 is 0 Å². The number of fused-ring (bicyclic) bond motifs is 3. The van der Waals surface area contributed by atoms with Gasteiger partial charge in [-0.3, -0.25) is 23.5 Å². The van der Waals surface area contributed by atoms with Crippen LogP contribution in [0, 0.1) is 13.8 Å². The van der Waals surface area contributed by atoms with Crippen molar-refractivity contribution in [2.75, 3.05) is 0 Å². The van der Waals surface area contributed by atoms with Crippen molar-refractivity contribution in [3.05, 3.63) is 123 Å². The number of carbonyl (C=O) groups is 1. The monoisotopic (exact) mass is 785 g/mol. The number of rotatable bonds is 8. The Balaban J connectivity index is 0.000000194. The third-order valence-corrected chi connectivity index (χ3v) is 11.4. The molecule has 52 heavy (non-hydrogen) atoms. The molecule has 5 aromatic rings. The molecule has 13 nitrogen and oxygen atoms in total. The van der Waals surface area contributed by atoms with E-state index in [4.69, 9.17) is 36.5 Å². The molecule has 1 aliphatic heterocycles. The van der Waals surface area contributed by atoms with Gasteiger partial charge < -0.3 is 10.8 Å². The molecule has 3 heterocycles. The second kappa shape index (κ2) is 16.2. The van der Waals surface area contributed by atoms with Gasteiger partial charge in [-0.15, -0.1) is 21.5 Å². The van der Waals surface area contributed by atoms with Crippen molar-refractivity contribution in [1.29, 1.82) is 0 Å². The average molecular weight is 786 g/mol. The summed E-state index contributed by atoms with van der Waals surface area (Å²) in [6.07, 6.45) is 2.66. The molecule has 0 spiro atoms. The third-order valence-electron chi connectivity index (χ3n) is 8.07. The molecule has 0 saturated heterocycles. The van der Waals surface area contributed by atoms with Gasteiger partial charge in [0.25, 0.3) is 20.2 Å². The smallest absolute Gasteiger partial charge is 0.303 e. The van der Waals surface area contributed by atoms with Crippen LogP contribution in [0.5, 0.6) is 0 Å². The first-order valence-corrected chi connectivity index (χ1v) is 20.0. The third kappa shape index (κ3) is 9.77. The number of carboxylic acid groups (broad SMARTS) is 1. The Kier molecular flexibility index (Phi) is 12.1. The number of nitrogens with two attached hydrogens (primary N) is 1. The number of benzene rings is 3. The quantitative estimate of drug-likeness (QED) is 0.124. The fraction of sp³-hybridized carbons (Fsp3) is 0.257. The number of aryl methyl sites for hydroxylation is 2. The van der Waals surface area contributed by atoms with E-state index in [9.17, 15) is 21.6 Å². The second-order valence-electron chi connectivity index (χ2n) is 12.2. The van der Waals surface area contributed by atoms with Gasteiger partial charge in [0, 0.05) is 27.4 Å². The first-order chi connectivity index (χ1) is 24.5. The fourth-order valence-corrected chi connectivity index (χ4v) is 7.69. The molecular formula is C35H36ClN5O8S3. The van der Waals surface area contributed by atoms with Gasteiger partial charge in [0.2, 0.25) is 0 Å². The molecule has 274 valence electrons. The zero-order chi connectivity index (χ0) is 37.8. The molecule has 1 saturated carbocycles. The molecule has 2 aliphatic rings. The number of hydrogen-bond donors (Lipinski definition) is 4. The Hall–Kier alpha value is -4.29. The average Bonchev–Trinajstić information content (AvgIpc) is 3.74. The lowest BCUT2D eigenvalue weighted by molar-refractivity contribution is -0.137. The Morgan fingerprint density at radius 2 is 1.46 bits per heavy atom. The molecule has 1 fully saturated rings. The summed E-state index contributed by atoms with van der Waals surface area (Å²) >= 11 is 8.22. The molecule has 0 bridgehead atoms. The largest absolute Gasteiger partial charge is 0.481 e. The number of hydrogen-bond acceptors (Lipinski definition) is 10. The first kappa shape index (κ1) is 38.9. The summed E-state index contributed by atoms with van der Waals surface area (Å²) in [6, 6.07) is 21.4. The van der Waals surface area contributed by atoms with Gasteiger partial charge in [-0.2, -0.15) is 16.8 Å². The molecule has 7 rings (SSSR count). The highest BCUT2D eigenvalue weighted by Gasteiger charge is 2.32. The van der Waals surface area contributed by atoms with Gasteiger partial charge in [-0.1, -0.05) is 65.2 Å². The minimum Gasteiger partial charge on any atom is -0.481 e. The van der Waals surface area contributed by atoms with Crippen LogP contribution < -0.4 is 5.73 Å². The van der Waals surface area contributed by atoms with Crippen LogP contribution in [0.2, 0.25) is 5.02 Å². The Bertz CT molecular complexity index is 2240. The van der Waals surface area contributed by atoms with E-state index in [-0.39, 0.29) is 16.2 Å². The van der Waals surface area contributed by atoms with Crippen LogP contribution in [0.4, 0.5) is 0 Å². The number of halogens is 1. The second-order valence-corrected chi connectivity index (χ2v) is 16.5. The number of aliphatic imine (C=N–C) groups is 1. The Labute approximate surface area is 310 Å². The normalized spacial score (nSPS) is 14.3. The van der Waals surface area contributed by atoms with Gasteiger partial charge in [0.1, 0.15) is 11.5 Å². The van der Waals surface area contributed by atoms with Crippen LogP contribution in [0.3, 0.4) is 0 Å². The lowest BCUT2D eigenvalue weighted by Gasteiger charge is -2.13. The maximum absolute atomic E-state index is 11.0. The number of nitrogens with zero attached hydrogens (tertiary/aromatic N) is 4. The topological polar surface area (TPSA) is 215 Å².